The molecule has 10 heteroatoms. The van der Waals surface area contributed by atoms with Crippen LogP contribution < -0.4 is 9.64 Å². The summed E-state index contributed by atoms with van der Waals surface area (Å²) in [6, 6.07) is 9.70. The van der Waals surface area contributed by atoms with Gasteiger partial charge in [-0.2, -0.15) is 4.80 Å². The Morgan fingerprint density at radius 1 is 1.19 bits per heavy atom. The number of nitrogens with zero attached hydrogens (tertiary/aromatic N) is 7. The van der Waals surface area contributed by atoms with Crippen LogP contribution in [0.4, 0.5) is 5.82 Å². The van der Waals surface area contributed by atoms with Gasteiger partial charge in [0.25, 0.3) is 0 Å². The minimum atomic E-state index is -1.04. The van der Waals surface area contributed by atoms with Crippen molar-refractivity contribution in [3.8, 4) is 17.3 Å². The first-order valence-electron chi connectivity index (χ1n) is 7.96. The minimum Gasteiger partial charge on any atom is -0.487 e. The molecule has 0 saturated carbocycles. The highest BCUT2D eigenvalue weighted by Crippen LogP contribution is 2.22. The van der Waals surface area contributed by atoms with Crippen LogP contribution >= 0.6 is 0 Å². The zero-order chi connectivity index (χ0) is 17.9. The highest BCUT2D eigenvalue weighted by molar-refractivity contribution is 5.66. The summed E-state index contributed by atoms with van der Waals surface area (Å²) in [4.78, 5) is 22.3. The largest absolute Gasteiger partial charge is 0.487 e. The Morgan fingerprint density at radius 3 is 2.69 bits per heavy atom. The molecule has 4 rings (SSSR count). The highest BCUT2D eigenvalue weighted by Gasteiger charge is 2.29. The molecule has 0 amide bonds. The summed E-state index contributed by atoms with van der Waals surface area (Å²) in [5, 5.41) is 20.1. The molecule has 1 saturated heterocycles. The van der Waals surface area contributed by atoms with Crippen LogP contribution in [0.2, 0.25) is 0 Å². The molecule has 10 nitrogen and oxygen atoms in total. The Morgan fingerprint density at radius 2 is 2.00 bits per heavy atom. The van der Waals surface area contributed by atoms with Gasteiger partial charge in [-0.15, -0.1) is 10.2 Å². The van der Waals surface area contributed by atoms with Gasteiger partial charge in [0, 0.05) is 0 Å². The van der Waals surface area contributed by atoms with Crippen molar-refractivity contribution in [2.45, 2.75) is 12.6 Å². The number of hydrogen-bond donors (Lipinski definition) is 1. The molecular formula is C16H15N7O3. The van der Waals surface area contributed by atoms with Gasteiger partial charge in [0.15, 0.2) is 6.54 Å². The maximum absolute atomic E-state index is 10.6. The predicted octanol–water partition coefficient (Wildman–Crippen LogP) is 0.482. The third-order valence-corrected chi connectivity index (χ3v) is 3.81. The summed E-state index contributed by atoms with van der Waals surface area (Å²) in [5.74, 6) is 0.785. The number of carboxylic acids is 1. The second-order valence-electron chi connectivity index (χ2n) is 5.75. The minimum absolute atomic E-state index is 0.122. The first-order valence-corrected chi connectivity index (χ1v) is 7.96. The van der Waals surface area contributed by atoms with Crippen molar-refractivity contribution in [1.82, 2.24) is 30.2 Å². The Bertz CT molecular complexity index is 892. The lowest BCUT2D eigenvalue weighted by molar-refractivity contribution is -0.138. The van der Waals surface area contributed by atoms with Gasteiger partial charge < -0.3 is 14.7 Å². The maximum atomic E-state index is 10.6. The number of carbonyl (C=O) groups is 1. The second kappa shape index (κ2) is 6.75. The Kier molecular flexibility index (Phi) is 4.14. The molecule has 0 unspecified atom stereocenters. The zero-order valence-corrected chi connectivity index (χ0v) is 13.6. The van der Waals surface area contributed by atoms with Crippen molar-refractivity contribution in [2.24, 2.45) is 0 Å². The number of hydrogen-bond acceptors (Lipinski definition) is 8. The topological polar surface area (TPSA) is 119 Å². The van der Waals surface area contributed by atoms with E-state index in [2.05, 4.69) is 30.3 Å². The number of ether oxygens (including phenoxy) is 1. The van der Waals surface area contributed by atoms with Crippen molar-refractivity contribution in [3.05, 3.63) is 42.7 Å². The SMILES string of the molecule is O=C(O)Cn1nnc(-c2cnc(N3CC(Oc4ccccc4)C3)cn2)n1. The summed E-state index contributed by atoms with van der Waals surface area (Å²) in [5.41, 5.74) is 0.433. The van der Waals surface area contributed by atoms with E-state index in [1.165, 1.54) is 0 Å². The number of rotatable bonds is 6. The van der Waals surface area contributed by atoms with E-state index in [-0.39, 0.29) is 18.5 Å². The molecule has 0 radical (unpaired) electrons. The zero-order valence-electron chi connectivity index (χ0n) is 13.6. The summed E-state index contributed by atoms with van der Waals surface area (Å²) in [6.45, 7) is 1.11. The van der Waals surface area contributed by atoms with Crippen molar-refractivity contribution in [2.75, 3.05) is 18.0 Å². The molecule has 2 aromatic heterocycles. The second-order valence-corrected chi connectivity index (χ2v) is 5.75. The number of benzene rings is 1. The molecule has 1 N–H and O–H groups in total. The van der Waals surface area contributed by atoms with Gasteiger partial charge in [-0.1, -0.05) is 18.2 Å². The Hall–Kier alpha value is -3.56. The highest BCUT2D eigenvalue weighted by atomic mass is 16.5. The van der Waals surface area contributed by atoms with Crippen LogP contribution in [0.5, 0.6) is 5.75 Å². The third kappa shape index (κ3) is 3.43. The molecular weight excluding hydrogens is 338 g/mol. The lowest BCUT2D eigenvalue weighted by Gasteiger charge is -2.39. The van der Waals surface area contributed by atoms with E-state index in [0.717, 1.165) is 29.5 Å². The van der Waals surface area contributed by atoms with Gasteiger partial charge in [-0.05, 0) is 17.3 Å². The van der Waals surface area contributed by atoms with Gasteiger partial charge >= 0.3 is 5.97 Å². The summed E-state index contributed by atoms with van der Waals surface area (Å²) in [6.07, 6.45) is 3.30. The van der Waals surface area contributed by atoms with Crippen LogP contribution in [0.3, 0.4) is 0 Å². The molecule has 0 spiro atoms. The molecule has 1 aliphatic heterocycles. The van der Waals surface area contributed by atoms with E-state index in [4.69, 9.17) is 9.84 Å². The predicted molar refractivity (Wildman–Crippen MR) is 89.5 cm³/mol. The van der Waals surface area contributed by atoms with Crippen LogP contribution in [0.15, 0.2) is 42.7 Å². The van der Waals surface area contributed by atoms with Crippen LogP contribution in [-0.2, 0) is 11.3 Å². The van der Waals surface area contributed by atoms with Crippen LogP contribution in [0.25, 0.3) is 11.5 Å². The molecule has 3 heterocycles. The fourth-order valence-electron chi connectivity index (χ4n) is 2.52. The third-order valence-electron chi connectivity index (χ3n) is 3.81. The number of carboxylic acid groups (broad SMARTS) is 1. The summed E-state index contributed by atoms with van der Waals surface area (Å²) >= 11 is 0. The Labute approximate surface area is 148 Å². The lowest BCUT2D eigenvalue weighted by atomic mass is 10.1. The molecule has 1 fully saturated rings. The lowest BCUT2D eigenvalue weighted by Crippen LogP contribution is -2.54. The summed E-state index contributed by atoms with van der Waals surface area (Å²) in [7, 11) is 0. The normalized spacial score (nSPS) is 14.1. The number of aromatic nitrogens is 6. The fourth-order valence-corrected chi connectivity index (χ4v) is 2.52. The van der Waals surface area contributed by atoms with Crippen molar-refractivity contribution >= 4 is 11.8 Å². The molecule has 1 aliphatic rings. The van der Waals surface area contributed by atoms with Crippen LogP contribution in [0, 0.1) is 0 Å². The fraction of sp³-hybridized carbons (Fsp3) is 0.250. The molecule has 0 atom stereocenters. The van der Waals surface area contributed by atoms with Crippen molar-refractivity contribution in [3.63, 3.8) is 0 Å². The van der Waals surface area contributed by atoms with Gasteiger partial charge in [0.1, 0.15) is 23.4 Å². The van der Waals surface area contributed by atoms with E-state index < -0.39 is 5.97 Å². The molecule has 0 aliphatic carbocycles. The van der Waals surface area contributed by atoms with Crippen molar-refractivity contribution in [1.29, 1.82) is 0 Å². The van der Waals surface area contributed by atoms with Crippen LogP contribution in [-0.4, -0.2) is 60.4 Å². The first kappa shape index (κ1) is 15.9. The first-order chi connectivity index (χ1) is 12.7. The summed E-state index contributed by atoms with van der Waals surface area (Å²) < 4.78 is 5.86. The quantitative estimate of drug-likeness (QED) is 0.675. The monoisotopic (exact) mass is 353 g/mol. The van der Waals surface area contributed by atoms with Crippen LogP contribution in [0.1, 0.15) is 0 Å². The van der Waals surface area contributed by atoms with Gasteiger partial charge in [0.05, 0.1) is 25.5 Å². The Balaban J connectivity index is 1.35. The molecule has 132 valence electrons. The van der Waals surface area contributed by atoms with Crippen molar-refractivity contribution < 1.29 is 14.6 Å². The van der Waals surface area contributed by atoms with E-state index in [1.807, 2.05) is 30.3 Å². The standard InChI is InChI=1S/C16H15N7O3/c24-15(25)10-23-20-16(19-21-23)13-6-18-14(7-17-13)22-8-12(9-22)26-11-4-2-1-3-5-11/h1-7,12H,8-10H2,(H,24,25). The molecule has 1 aromatic carbocycles. The van der Waals surface area contributed by atoms with Gasteiger partial charge in [0.2, 0.25) is 5.82 Å². The number of aliphatic carboxylic acids is 1. The molecule has 0 bridgehead atoms. The van der Waals surface area contributed by atoms with E-state index >= 15 is 0 Å². The maximum Gasteiger partial charge on any atom is 0.327 e. The average Bonchev–Trinajstić information content (AvgIpc) is 3.07. The molecule has 26 heavy (non-hydrogen) atoms. The van der Waals surface area contributed by atoms with E-state index in [1.54, 1.807) is 12.4 Å². The molecule has 3 aromatic rings. The number of para-hydroxylation sites is 1. The number of tetrazole rings is 1. The van der Waals surface area contributed by atoms with Gasteiger partial charge in [-0.25, -0.2) is 9.97 Å². The van der Waals surface area contributed by atoms with Gasteiger partial charge in [-0.3, -0.25) is 4.79 Å². The smallest absolute Gasteiger partial charge is 0.327 e. The van der Waals surface area contributed by atoms with E-state index in [0.29, 0.717) is 5.69 Å². The van der Waals surface area contributed by atoms with E-state index in [9.17, 15) is 4.79 Å². The average molecular weight is 353 g/mol. The number of anilines is 1.